The van der Waals surface area contributed by atoms with Crippen LogP contribution in [-0.4, -0.2) is 11.3 Å². The van der Waals surface area contributed by atoms with Gasteiger partial charge in [0, 0.05) is 5.56 Å². The highest BCUT2D eigenvalue weighted by atomic mass is 32.1. The zero-order valence-corrected chi connectivity index (χ0v) is 8.42. The number of halogens is 1. The quantitative estimate of drug-likeness (QED) is 0.793. The molecule has 5 heteroatoms. The van der Waals surface area contributed by atoms with Gasteiger partial charge in [-0.2, -0.15) is 0 Å². The number of nitrogens with zero attached hydrogens (tertiary/aromatic N) is 1. The molecule has 0 saturated carbocycles. The molecule has 2 N–H and O–H groups in total. The lowest BCUT2D eigenvalue weighted by molar-refractivity contribution is 0.112. The molecule has 1 aromatic carbocycles. The van der Waals surface area contributed by atoms with Crippen molar-refractivity contribution >= 4 is 22.6 Å². The Morgan fingerprint density at radius 1 is 1.40 bits per heavy atom. The van der Waals surface area contributed by atoms with Crippen molar-refractivity contribution in [2.24, 2.45) is 0 Å². The highest BCUT2D eigenvalue weighted by molar-refractivity contribution is 7.19. The van der Waals surface area contributed by atoms with E-state index in [9.17, 15) is 9.18 Å². The molecule has 0 fully saturated rings. The smallest absolute Gasteiger partial charge is 0.171 e. The summed E-state index contributed by atoms with van der Waals surface area (Å²) in [6.45, 7) is 0. The van der Waals surface area contributed by atoms with Crippen LogP contribution in [0.5, 0.6) is 0 Å². The number of hydrogen-bond acceptors (Lipinski definition) is 4. The molecular formula is C10H7FN2OS. The van der Waals surface area contributed by atoms with E-state index in [1.807, 2.05) is 0 Å². The number of anilines is 1. The molecule has 0 aliphatic rings. The molecule has 3 nitrogen and oxygen atoms in total. The maximum absolute atomic E-state index is 13.4. The van der Waals surface area contributed by atoms with Crippen LogP contribution >= 0.6 is 11.3 Å². The highest BCUT2D eigenvalue weighted by Crippen LogP contribution is 2.30. The number of nitrogens with two attached hydrogens (primary N) is 1. The lowest BCUT2D eigenvalue weighted by Gasteiger charge is -1.96. The lowest BCUT2D eigenvalue weighted by atomic mass is 10.2. The molecule has 15 heavy (non-hydrogen) atoms. The molecule has 0 atom stereocenters. The van der Waals surface area contributed by atoms with E-state index in [1.165, 1.54) is 6.07 Å². The van der Waals surface area contributed by atoms with Gasteiger partial charge in [-0.15, -0.1) is 0 Å². The Morgan fingerprint density at radius 2 is 2.13 bits per heavy atom. The van der Waals surface area contributed by atoms with E-state index in [4.69, 9.17) is 5.73 Å². The minimum Gasteiger partial charge on any atom is -0.389 e. The largest absolute Gasteiger partial charge is 0.389 e. The molecule has 0 spiro atoms. The number of aromatic nitrogens is 1. The molecule has 0 amide bonds. The average Bonchev–Trinajstić information content (AvgIpc) is 2.60. The third-order valence-corrected chi connectivity index (χ3v) is 2.83. The van der Waals surface area contributed by atoms with Gasteiger partial charge in [0.05, 0.1) is 0 Å². The number of hydrogen-bond donors (Lipinski definition) is 1. The first-order chi connectivity index (χ1) is 7.22. The van der Waals surface area contributed by atoms with E-state index in [-0.39, 0.29) is 11.5 Å². The number of thiazole rings is 1. The molecule has 0 bridgehead atoms. The highest BCUT2D eigenvalue weighted by Gasteiger charge is 2.12. The Bertz CT molecular complexity index is 510. The fourth-order valence-electron chi connectivity index (χ4n) is 1.18. The van der Waals surface area contributed by atoms with Crippen LogP contribution in [0.4, 0.5) is 9.39 Å². The topological polar surface area (TPSA) is 56.0 Å². The minimum absolute atomic E-state index is 0.165. The number of carbonyl (C=O) groups is 1. The third kappa shape index (κ3) is 1.73. The molecule has 0 saturated heterocycles. The van der Waals surface area contributed by atoms with Gasteiger partial charge in [-0.05, 0) is 12.1 Å². The Hall–Kier alpha value is -1.75. The predicted octanol–water partition coefficient (Wildman–Crippen LogP) is 2.34. The Labute approximate surface area is 89.4 Å². The third-order valence-electron chi connectivity index (χ3n) is 1.90. The second kappa shape index (κ2) is 3.78. The Kier molecular flexibility index (Phi) is 2.47. The predicted molar refractivity (Wildman–Crippen MR) is 57.3 cm³/mol. The van der Waals surface area contributed by atoms with Crippen molar-refractivity contribution in [2.75, 3.05) is 5.73 Å². The number of benzene rings is 1. The minimum atomic E-state index is -0.372. The van der Waals surface area contributed by atoms with Crippen LogP contribution < -0.4 is 5.73 Å². The molecule has 0 aliphatic heterocycles. The van der Waals surface area contributed by atoms with Crippen LogP contribution in [0.25, 0.3) is 10.6 Å². The molecule has 2 rings (SSSR count). The summed E-state index contributed by atoms with van der Waals surface area (Å²) in [5, 5.41) is 0.732. The molecule has 2 aromatic rings. The van der Waals surface area contributed by atoms with E-state index >= 15 is 0 Å². The summed E-state index contributed by atoms with van der Waals surface area (Å²) in [6, 6.07) is 6.24. The lowest BCUT2D eigenvalue weighted by Crippen LogP contribution is -1.87. The van der Waals surface area contributed by atoms with Crippen molar-refractivity contribution in [2.45, 2.75) is 0 Å². The Morgan fingerprint density at radius 3 is 2.73 bits per heavy atom. The van der Waals surface area contributed by atoms with Crippen LogP contribution in [0.1, 0.15) is 10.5 Å². The number of nitrogen functional groups attached to an aromatic ring is 1. The van der Waals surface area contributed by atoms with E-state index in [2.05, 4.69) is 4.98 Å². The van der Waals surface area contributed by atoms with Crippen LogP contribution in [0, 0.1) is 5.82 Å². The van der Waals surface area contributed by atoms with Crippen molar-refractivity contribution in [3.8, 4) is 10.6 Å². The zero-order chi connectivity index (χ0) is 10.8. The maximum Gasteiger partial charge on any atom is 0.171 e. The second-order valence-corrected chi connectivity index (χ2v) is 3.90. The molecule has 0 aliphatic carbocycles. The van der Waals surface area contributed by atoms with Gasteiger partial charge in [-0.25, -0.2) is 9.37 Å². The van der Waals surface area contributed by atoms with E-state index < -0.39 is 0 Å². The Balaban J connectivity index is 2.55. The van der Waals surface area contributed by atoms with Crippen molar-refractivity contribution in [3.05, 3.63) is 35.8 Å². The standard InChI is InChI=1S/C10H7FN2OS/c11-7-4-2-1-3-6(7)10-13-8(5-14)9(12)15-10/h1-5H,12H2. The van der Waals surface area contributed by atoms with Crippen LogP contribution in [0.3, 0.4) is 0 Å². The molecular weight excluding hydrogens is 215 g/mol. The SMILES string of the molecule is Nc1sc(-c2ccccc2F)nc1C=O. The van der Waals surface area contributed by atoms with Gasteiger partial charge in [0.1, 0.15) is 21.5 Å². The monoisotopic (exact) mass is 222 g/mol. The molecule has 1 heterocycles. The van der Waals surface area contributed by atoms with Crippen LogP contribution in [0.15, 0.2) is 24.3 Å². The van der Waals surface area contributed by atoms with Gasteiger partial charge in [0.2, 0.25) is 0 Å². The maximum atomic E-state index is 13.4. The second-order valence-electron chi connectivity index (χ2n) is 2.87. The molecule has 0 unspecified atom stereocenters. The number of aldehydes is 1. The molecule has 1 aromatic heterocycles. The van der Waals surface area contributed by atoms with Crippen molar-refractivity contribution < 1.29 is 9.18 Å². The van der Waals surface area contributed by atoms with Gasteiger partial charge in [-0.1, -0.05) is 23.5 Å². The first-order valence-electron chi connectivity index (χ1n) is 4.18. The number of rotatable bonds is 2. The molecule has 76 valence electrons. The van der Waals surface area contributed by atoms with Gasteiger partial charge >= 0.3 is 0 Å². The van der Waals surface area contributed by atoms with E-state index in [1.54, 1.807) is 18.2 Å². The first-order valence-corrected chi connectivity index (χ1v) is 5.00. The van der Waals surface area contributed by atoms with Crippen LogP contribution in [-0.2, 0) is 0 Å². The first kappa shape index (κ1) is 9.79. The normalized spacial score (nSPS) is 10.2. The summed E-state index contributed by atoms with van der Waals surface area (Å²) in [7, 11) is 0. The van der Waals surface area contributed by atoms with Gasteiger partial charge < -0.3 is 5.73 Å². The van der Waals surface area contributed by atoms with Crippen molar-refractivity contribution in [3.63, 3.8) is 0 Å². The fourth-order valence-corrected chi connectivity index (χ4v) is 2.00. The summed E-state index contributed by atoms with van der Waals surface area (Å²) in [5.74, 6) is -0.372. The summed E-state index contributed by atoms with van der Waals surface area (Å²) in [6.07, 6.45) is 0.566. The summed E-state index contributed by atoms with van der Waals surface area (Å²) < 4.78 is 13.4. The fraction of sp³-hybridized carbons (Fsp3) is 0. The van der Waals surface area contributed by atoms with Crippen LogP contribution in [0.2, 0.25) is 0 Å². The summed E-state index contributed by atoms with van der Waals surface area (Å²) >= 11 is 1.10. The van der Waals surface area contributed by atoms with Gasteiger partial charge in [0.25, 0.3) is 0 Å². The van der Waals surface area contributed by atoms with Gasteiger partial charge in [-0.3, -0.25) is 4.79 Å². The van der Waals surface area contributed by atoms with E-state index in [0.29, 0.717) is 21.9 Å². The summed E-state index contributed by atoms with van der Waals surface area (Å²) in [5.41, 5.74) is 6.07. The zero-order valence-electron chi connectivity index (χ0n) is 7.61. The van der Waals surface area contributed by atoms with E-state index in [0.717, 1.165) is 11.3 Å². The molecule has 0 radical (unpaired) electrons. The number of carbonyl (C=O) groups excluding carboxylic acids is 1. The van der Waals surface area contributed by atoms with Crippen molar-refractivity contribution in [1.82, 2.24) is 4.98 Å². The summed E-state index contributed by atoms with van der Waals surface area (Å²) in [4.78, 5) is 14.5. The average molecular weight is 222 g/mol. The van der Waals surface area contributed by atoms with Gasteiger partial charge in [0.15, 0.2) is 6.29 Å². The van der Waals surface area contributed by atoms with Crippen molar-refractivity contribution in [1.29, 1.82) is 0 Å².